The molecule has 1 aliphatic rings. The van der Waals surface area contributed by atoms with Crippen LogP contribution in [0, 0.1) is 5.92 Å². The van der Waals surface area contributed by atoms with E-state index in [1.165, 1.54) is 19.2 Å². The topological polar surface area (TPSA) is 101 Å². The zero-order valence-electron chi connectivity index (χ0n) is 15.8. The molecule has 1 heterocycles. The van der Waals surface area contributed by atoms with Crippen LogP contribution in [0.2, 0.25) is 0 Å². The van der Waals surface area contributed by atoms with Crippen molar-refractivity contribution >= 4 is 21.7 Å². The summed E-state index contributed by atoms with van der Waals surface area (Å²) in [6, 6.07) is 5.97. The molecule has 2 unspecified atom stereocenters. The van der Waals surface area contributed by atoms with Crippen LogP contribution in [0.4, 0.5) is 0 Å². The molecule has 0 bridgehead atoms. The summed E-state index contributed by atoms with van der Waals surface area (Å²) in [6.45, 7) is 2.17. The number of ether oxygens (including phenoxy) is 1. The maximum Gasteiger partial charge on any atom is 0.303 e. The highest BCUT2D eigenvalue weighted by Gasteiger charge is 2.32. The molecule has 1 fully saturated rings. The van der Waals surface area contributed by atoms with Crippen molar-refractivity contribution in [2.24, 2.45) is 5.92 Å². The minimum Gasteiger partial charge on any atom is -0.497 e. The second kappa shape index (κ2) is 9.21. The lowest BCUT2D eigenvalue weighted by molar-refractivity contribution is -0.141. The predicted octanol–water partition coefficient (Wildman–Crippen LogP) is 2.35. The molecule has 2 rings (SSSR count). The van der Waals surface area contributed by atoms with Crippen molar-refractivity contribution in [1.29, 1.82) is 0 Å². The van der Waals surface area contributed by atoms with Crippen molar-refractivity contribution in [3.05, 3.63) is 24.3 Å². The minimum atomic E-state index is -3.61. The van der Waals surface area contributed by atoms with E-state index in [1.54, 1.807) is 24.0 Å². The monoisotopic (exact) mass is 397 g/mol. The summed E-state index contributed by atoms with van der Waals surface area (Å²) in [5.74, 6) is -1.51. The van der Waals surface area contributed by atoms with E-state index in [1.807, 2.05) is 0 Å². The first-order valence-electron chi connectivity index (χ1n) is 9.13. The van der Waals surface area contributed by atoms with Crippen molar-refractivity contribution in [1.82, 2.24) is 4.90 Å². The van der Waals surface area contributed by atoms with Crippen LogP contribution in [-0.4, -0.2) is 55.7 Å². The second-order valence-electron chi connectivity index (χ2n) is 6.97. The Morgan fingerprint density at radius 2 is 1.93 bits per heavy atom. The molecular formula is C19H27NO6S. The normalized spacial score (nSPS) is 18.7. The van der Waals surface area contributed by atoms with Gasteiger partial charge in [-0.3, -0.25) is 9.59 Å². The Balaban J connectivity index is 2.06. The van der Waals surface area contributed by atoms with E-state index in [-0.39, 0.29) is 29.0 Å². The van der Waals surface area contributed by atoms with Crippen LogP contribution in [0.15, 0.2) is 29.2 Å². The van der Waals surface area contributed by atoms with Crippen LogP contribution in [0.3, 0.4) is 0 Å². The molecule has 0 spiro atoms. The Bertz CT molecular complexity index is 759. The number of carbonyl (C=O) groups excluding carboxylic acids is 1. The number of aliphatic carboxylic acids is 1. The number of likely N-dealkylation sites (tertiary alicyclic amines) is 1. The zero-order valence-corrected chi connectivity index (χ0v) is 16.6. The first-order valence-corrected chi connectivity index (χ1v) is 10.8. The Hall–Kier alpha value is -2.09. The molecule has 7 nitrogen and oxygen atoms in total. The SMILES string of the molecule is COc1ccc(S(=O)(=O)CC(C)C(=O)N2CCCCC2CCC(=O)O)cc1. The highest BCUT2D eigenvalue weighted by Crippen LogP contribution is 2.25. The van der Waals surface area contributed by atoms with Gasteiger partial charge < -0.3 is 14.7 Å². The van der Waals surface area contributed by atoms with E-state index in [4.69, 9.17) is 9.84 Å². The van der Waals surface area contributed by atoms with Gasteiger partial charge in [-0.25, -0.2) is 8.42 Å². The highest BCUT2D eigenvalue weighted by atomic mass is 32.2. The number of hydrogen-bond donors (Lipinski definition) is 1. The van der Waals surface area contributed by atoms with Crippen molar-refractivity contribution in [2.45, 2.75) is 50.0 Å². The van der Waals surface area contributed by atoms with E-state index in [0.717, 1.165) is 19.3 Å². The van der Waals surface area contributed by atoms with Crippen LogP contribution in [0.5, 0.6) is 5.75 Å². The number of amides is 1. The average molecular weight is 397 g/mol. The van der Waals surface area contributed by atoms with Crippen molar-refractivity contribution in [3.63, 3.8) is 0 Å². The summed E-state index contributed by atoms with van der Waals surface area (Å²) in [5.41, 5.74) is 0. The number of methoxy groups -OCH3 is 1. The van der Waals surface area contributed by atoms with Gasteiger partial charge in [0, 0.05) is 24.9 Å². The molecule has 0 radical (unpaired) electrons. The van der Waals surface area contributed by atoms with Crippen LogP contribution in [0.1, 0.15) is 39.0 Å². The van der Waals surface area contributed by atoms with Crippen LogP contribution in [-0.2, 0) is 19.4 Å². The average Bonchev–Trinajstić information content (AvgIpc) is 2.65. The number of carboxylic acid groups (broad SMARTS) is 1. The molecule has 1 aromatic rings. The first-order chi connectivity index (χ1) is 12.7. The quantitative estimate of drug-likeness (QED) is 0.723. The van der Waals surface area contributed by atoms with Crippen LogP contribution < -0.4 is 4.74 Å². The molecular weight excluding hydrogens is 370 g/mol. The van der Waals surface area contributed by atoms with Gasteiger partial charge in [-0.2, -0.15) is 0 Å². The number of sulfone groups is 1. The molecule has 0 saturated carbocycles. The molecule has 1 saturated heterocycles. The number of benzene rings is 1. The summed E-state index contributed by atoms with van der Waals surface area (Å²) in [4.78, 5) is 25.5. The van der Waals surface area contributed by atoms with Crippen molar-refractivity contribution < 1.29 is 27.9 Å². The lowest BCUT2D eigenvalue weighted by Crippen LogP contribution is -2.47. The maximum atomic E-state index is 12.9. The van der Waals surface area contributed by atoms with Crippen LogP contribution in [0.25, 0.3) is 0 Å². The van der Waals surface area contributed by atoms with Gasteiger partial charge in [0.1, 0.15) is 5.75 Å². The molecule has 150 valence electrons. The number of rotatable bonds is 8. The third-order valence-corrected chi connectivity index (χ3v) is 6.84. The minimum absolute atomic E-state index is 0.00692. The zero-order chi connectivity index (χ0) is 20.0. The summed E-state index contributed by atoms with van der Waals surface area (Å²) in [7, 11) is -2.10. The number of hydrogen-bond acceptors (Lipinski definition) is 5. The van der Waals surface area contributed by atoms with E-state index in [0.29, 0.717) is 18.7 Å². The lowest BCUT2D eigenvalue weighted by atomic mass is 9.96. The molecule has 1 N–H and O–H groups in total. The predicted molar refractivity (Wildman–Crippen MR) is 100 cm³/mol. The van der Waals surface area contributed by atoms with Gasteiger partial charge in [-0.1, -0.05) is 6.92 Å². The summed E-state index contributed by atoms with van der Waals surface area (Å²) >= 11 is 0. The van der Waals surface area contributed by atoms with Gasteiger partial charge in [0.2, 0.25) is 5.91 Å². The smallest absolute Gasteiger partial charge is 0.303 e. The molecule has 8 heteroatoms. The molecule has 1 aliphatic heterocycles. The molecule has 1 amide bonds. The number of carboxylic acids is 1. The van der Waals surface area contributed by atoms with Gasteiger partial charge in [-0.15, -0.1) is 0 Å². The first kappa shape index (κ1) is 21.2. The van der Waals surface area contributed by atoms with E-state index in [9.17, 15) is 18.0 Å². The molecule has 1 aromatic carbocycles. The highest BCUT2D eigenvalue weighted by molar-refractivity contribution is 7.91. The summed E-state index contributed by atoms with van der Waals surface area (Å²) in [5, 5.41) is 8.90. The van der Waals surface area contributed by atoms with Gasteiger partial charge >= 0.3 is 5.97 Å². The van der Waals surface area contributed by atoms with E-state index in [2.05, 4.69) is 0 Å². The summed E-state index contributed by atoms with van der Waals surface area (Å²) in [6.07, 6.45) is 2.98. The fourth-order valence-corrected chi connectivity index (χ4v) is 4.99. The molecule has 2 atom stereocenters. The Morgan fingerprint density at radius 1 is 1.26 bits per heavy atom. The Kier molecular flexibility index (Phi) is 7.24. The standard InChI is InChI=1S/C19H27NO6S/c1-14(13-27(24,25)17-9-7-16(26-2)8-10-17)19(23)20-12-4-3-5-15(20)6-11-18(21)22/h7-10,14-15H,3-6,11-13H2,1-2H3,(H,21,22). The number of nitrogens with zero attached hydrogens (tertiary/aromatic N) is 1. The molecule has 0 aliphatic carbocycles. The fraction of sp³-hybridized carbons (Fsp3) is 0.579. The van der Waals surface area contributed by atoms with Gasteiger partial charge in [-0.05, 0) is 49.9 Å². The van der Waals surface area contributed by atoms with Gasteiger partial charge in [0.25, 0.3) is 0 Å². The van der Waals surface area contributed by atoms with Crippen molar-refractivity contribution in [2.75, 3.05) is 19.4 Å². The van der Waals surface area contributed by atoms with Gasteiger partial charge in [0.15, 0.2) is 9.84 Å². The molecule has 27 heavy (non-hydrogen) atoms. The number of carbonyl (C=O) groups is 2. The van der Waals surface area contributed by atoms with E-state index >= 15 is 0 Å². The summed E-state index contributed by atoms with van der Waals surface area (Å²) < 4.78 is 30.3. The van der Waals surface area contributed by atoms with Gasteiger partial charge in [0.05, 0.1) is 17.8 Å². The third-order valence-electron chi connectivity index (χ3n) is 4.91. The lowest BCUT2D eigenvalue weighted by Gasteiger charge is -2.37. The Morgan fingerprint density at radius 3 is 2.52 bits per heavy atom. The Labute approximate surface area is 160 Å². The number of piperidine rings is 1. The molecule has 0 aromatic heterocycles. The second-order valence-corrected chi connectivity index (χ2v) is 9.01. The maximum absolute atomic E-state index is 12.9. The van der Waals surface area contributed by atoms with Crippen LogP contribution >= 0.6 is 0 Å². The van der Waals surface area contributed by atoms with E-state index < -0.39 is 21.7 Å². The fourth-order valence-electron chi connectivity index (χ4n) is 3.44. The largest absolute Gasteiger partial charge is 0.497 e. The van der Waals surface area contributed by atoms with Crippen molar-refractivity contribution in [3.8, 4) is 5.75 Å². The third kappa shape index (κ3) is 5.69.